The Balaban J connectivity index is 1.82. The summed E-state index contributed by atoms with van der Waals surface area (Å²) in [5.74, 6) is 7.20. The molecule has 0 spiro atoms. The molecule has 0 radical (unpaired) electrons. The molecule has 2 aromatic rings. The highest BCUT2D eigenvalue weighted by atomic mass is 19.1. The smallest absolute Gasteiger partial charge is 0.116 e. The van der Waals surface area contributed by atoms with Crippen molar-refractivity contribution < 1.29 is 4.39 Å². The van der Waals surface area contributed by atoms with Gasteiger partial charge in [0.2, 0.25) is 0 Å². The number of benzene rings is 2. The van der Waals surface area contributed by atoms with Crippen LogP contribution in [-0.2, 0) is 13.2 Å². The molecule has 1 aliphatic rings. The minimum Gasteiger partial charge on any atom is -0.374 e. The summed E-state index contributed by atoms with van der Waals surface area (Å²) in [5.41, 5.74) is 3.87. The second-order valence-corrected chi connectivity index (χ2v) is 6.89. The predicted molar refractivity (Wildman–Crippen MR) is 122 cm³/mol. The second kappa shape index (κ2) is 10.8. The molecule has 0 aliphatic heterocycles. The number of rotatable bonds is 7. The largest absolute Gasteiger partial charge is 0.374 e. The summed E-state index contributed by atoms with van der Waals surface area (Å²) in [7, 11) is 1.88. The van der Waals surface area contributed by atoms with Crippen LogP contribution < -0.4 is 5.32 Å². The molecule has 0 bridgehead atoms. The Morgan fingerprint density at radius 1 is 1.03 bits per heavy atom. The lowest BCUT2D eigenvalue weighted by Crippen LogP contribution is -2.33. The summed E-state index contributed by atoms with van der Waals surface area (Å²) in [6.45, 7) is 0.876. The van der Waals surface area contributed by atoms with Crippen molar-refractivity contribution in [2.45, 2.75) is 19.6 Å². The van der Waals surface area contributed by atoms with Crippen molar-refractivity contribution in [1.29, 1.82) is 5.41 Å². The van der Waals surface area contributed by atoms with Gasteiger partial charge in [-0.25, -0.2) is 4.39 Å². The van der Waals surface area contributed by atoms with Crippen LogP contribution in [0.2, 0.25) is 0 Å². The van der Waals surface area contributed by atoms with Gasteiger partial charge in [0.1, 0.15) is 12.5 Å². The van der Waals surface area contributed by atoms with Gasteiger partial charge in [0.25, 0.3) is 0 Å². The van der Waals surface area contributed by atoms with Crippen molar-refractivity contribution in [3.8, 4) is 11.8 Å². The number of hydrogen-bond acceptors (Lipinski definition) is 3. The third-order valence-electron chi connectivity index (χ3n) is 4.84. The maximum absolute atomic E-state index is 13.1. The maximum atomic E-state index is 13.1. The Labute approximate surface area is 178 Å². The number of nitrogens with zero attached hydrogens (tertiary/aromatic N) is 1. The van der Waals surface area contributed by atoms with Crippen LogP contribution in [-0.4, -0.2) is 24.2 Å². The van der Waals surface area contributed by atoms with Crippen molar-refractivity contribution in [1.82, 2.24) is 10.2 Å². The normalized spacial score (nSPS) is 14.1. The van der Waals surface area contributed by atoms with Gasteiger partial charge < -0.3 is 15.6 Å². The zero-order valence-corrected chi connectivity index (χ0v) is 17.2. The fourth-order valence-corrected chi connectivity index (χ4v) is 3.33. The average molecular weight is 400 g/mol. The van der Waals surface area contributed by atoms with E-state index < -0.39 is 6.67 Å². The molecule has 0 saturated heterocycles. The van der Waals surface area contributed by atoms with E-state index in [1.165, 1.54) is 5.56 Å². The highest BCUT2D eigenvalue weighted by Gasteiger charge is 2.16. The maximum Gasteiger partial charge on any atom is 0.116 e. The molecule has 0 fully saturated rings. The molecule has 152 valence electrons. The highest BCUT2D eigenvalue weighted by Crippen LogP contribution is 2.18. The van der Waals surface area contributed by atoms with Gasteiger partial charge in [-0.1, -0.05) is 72.5 Å². The van der Waals surface area contributed by atoms with E-state index in [2.05, 4.69) is 34.2 Å². The summed E-state index contributed by atoms with van der Waals surface area (Å²) in [6.07, 6.45) is 8.18. The summed E-state index contributed by atoms with van der Waals surface area (Å²) in [4.78, 5) is 2.21. The van der Waals surface area contributed by atoms with Crippen LogP contribution in [0.15, 0.2) is 90.3 Å². The highest BCUT2D eigenvalue weighted by molar-refractivity contribution is 6.09. The summed E-state index contributed by atoms with van der Waals surface area (Å²) in [6, 6.07) is 17.6. The molecule has 0 heterocycles. The molecule has 2 aromatic carbocycles. The molecule has 30 heavy (non-hydrogen) atoms. The van der Waals surface area contributed by atoms with Crippen LogP contribution in [0.4, 0.5) is 4.39 Å². The lowest BCUT2D eigenvalue weighted by atomic mass is 10.0. The zero-order valence-electron chi connectivity index (χ0n) is 17.2. The quantitative estimate of drug-likeness (QED) is 0.645. The first-order valence-electron chi connectivity index (χ1n) is 10.00. The van der Waals surface area contributed by atoms with Crippen LogP contribution >= 0.6 is 0 Å². The van der Waals surface area contributed by atoms with Gasteiger partial charge in [-0.2, -0.15) is 0 Å². The summed E-state index contributed by atoms with van der Waals surface area (Å²) in [5, 5.41) is 11.6. The van der Waals surface area contributed by atoms with E-state index in [4.69, 9.17) is 5.41 Å². The van der Waals surface area contributed by atoms with Gasteiger partial charge in [-0.15, -0.1) is 0 Å². The molecule has 2 N–H and O–H groups in total. The number of nitrogens with one attached hydrogen (secondary N) is 2. The number of halogens is 1. The standard InChI is InChI=1S/C26H26FN3/c1-29-26(24-16-7-8-17-25(24)28)30(20-21-11-3-2-4-12-21)18-10-9-14-22-13-5-6-15-23(22)19-27/h2-8,11-13,15-17,28-29H,10,18-20H2,1H3/b26-24+,28-25?. The summed E-state index contributed by atoms with van der Waals surface area (Å²) < 4.78 is 13.1. The number of alkyl halides is 1. The fraction of sp³-hybridized carbons (Fsp3) is 0.192. The minimum atomic E-state index is -0.511. The van der Waals surface area contributed by atoms with Crippen LogP contribution in [0.25, 0.3) is 0 Å². The zero-order chi connectivity index (χ0) is 21.2. The van der Waals surface area contributed by atoms with Crippen molar-refractivity contribution in [3.05, 3.63) is 107 Å². The average Bonchev–Trinajstić information content (AvgIpc) is 2.79. The van der Waals surface area contributed by atoms with Crippen molar-refractivity contribution in [2.24, 2.45) is 0 Å². The minimum absolute atomic E-state index is 0.475. The summed E-state index contributed by atoms with van der Waals surface area (Å²) >= 11 is 0. The molecule has 0 saturated carbocycles. The van der Waals surface area contributed by atoms with E-state index in [-0.39, 0.29) is 0 Å². The van der Waals surface area contributed by atoms with E-state index in [1.807, 2.05) is 61.7 Å². The molecule has 0 aromatic heterocycles. The van der Waals surface area contributed by atoms with Gasteiger partial charge in [-0.05, 0) is 29.3 Å². The third-order valence-corrected chi connectivity index (χ3v) is 4.84. The van der Waals surface area contributed by atoms with Crippen LogP contribution in [0.3, 0.4) is 0 Å². The van der Waals surface area contributed by atoms with E-state index in [9.17, 15) is 4.39 Å². The molecular weight excluding hydrogens is 373 g/mol. The van der Waals surface area contributed by atoms with Crippen molar-refractivity contribution in [2.75, 3.05) is 13.6 Å². The second-order valence-electron chi connectivity index (χ2n) is 6.89. The molecule has 1 aliphatic carbocycles. The van der Waals surface area contributed by atoms with Crippen molar-refractivity contribution in [3.63, 3.8) is 0 Å². The van der Waals surface area contributed by atoms with Crippen LogP contribution in [0.5, 0.6) is 0 Å². The number of allylic oxidation sites excluding steroid dienone is 5. The predicted octanol–water partition coefficient (Wildman–Crippen LogP) is 4.98. The lowest BCUT2D eigenvalue weighted by molar-refractivity contribution is 0.323. The van der Waals surface area contributed by atoms with Crippen molar-refractivity contribution >= 4 is 5.71 Å². The Bertz CT molecular complexity index is 1020. The third kappa shape index (κ3) is 5.48. The monoisotopic (exact) mass is 399 g/mol. The van der Waals surface area contributed by atoms with Crippen LogP contribution in [0, 0.1) is 17.3 Å². The van der Waals surface area contributed by atoms with E-state index >= 15 is 0 Å². The van der Waals surface area contributed by atoms with E-state index in [0.29, 0.717) is 30.8 Å². The molecule has 0 amide bonds. The van der Waals surface area contributed by atoms with Gasteiger partial charge in [0, 0.05) is 37.7 Å². The Morgan fingerprint density at radius 3 is 2.50 bits per heavy atom. The first kappa shape index (κ1) is 21.1. The first-order valence-corrected chi connectivity index (χ1v) is 10.00. The Morgan fingerprint density at radius 2 is 1.77 bits per heavy atom. The van der Waals surface area contributed by atoms with Gasteiger partial charge in [0.15, 0.2) is 0 Å². The molecule has 3 nitrogen and oxygen atoms in total. The Hall–Kier alpha value is -3.58. The Kier molecular flexibility index (Phi) is 7.63. The van der Waals surface area contributed by atoms with Gasteiger partial charge in [0.05, 0.1) is 5.71 Å². The van der Waals surface area contributed by atoms with E-state index in [0.717, 1.165) is 17.0 Å². The van der Waals surface area contributed by atoms with Gasteiger partial charge >= 0.3 is 0 Å². The SMILES string of the molecule is CN/C(=C1/C=CC=CC1=N)N(CCC#Cc1ccccc1CF)Cc1ccccc1. The lowest BCUT2D eigenvalue weighted by Gasteiger charge is -2.29. The van der Waals surface area contributed by atoms with Gasteiger partial charge in [-0.3, -0.25) is 0 Å². The molecule has 3 rings (SSSR count). The van der Waals surface area contributed by atoms with Crippen LogP contribution in [0.1, 0.15) is 23.1 Å². The topological polar surface area (TPSA) is 39.1 Å². The fourth-order valence-electron chi connectivity index (χ4n) is 3.33. The molecule has 0 unspecified atom stereocenters. The number of hydrogen-bond donors (Lipinski definition) is 2. The molecular formula is C26H26FN3. The molecule has 0 atom stereocenters. The van der Waals surface area contributed by atoms with E-state index in [1.54, 1.807) is 12.1 Å². The molecule has 4 heteroatoms. The first-order chi connectivity index (χ1) is 14.7.